The number of thioether (sulfide) groups is 1. The average molecular weight is 392 g/mol. The van der Waals surface area contributed by atoms with Gasteiger partial charge in [-0.05, 0) is 44.5 Å². The van der Waals surface area contributed by atoms with Crippen molar-refractivity contribution < 1.29 is 4.79 Å². The molecule has 0 N–H and O–H groups in total. The lowest BCUT2D eigenvalue weighted by atomic mass is 10.0. The Hall–Kier alpha value is -2.93. The van der Waals surface area contributed by atoms with Gasteiger partial charge in [0.2, 0.25) is 5.78 Å². The summed E-state index contributed by atoms with van der Waals surface area (Å²) in [6.45, 7) is 5.80. The highest BCUT2D eigenvalue weighted by molar-refractivity contribution is 8.00. The first-order chi connectivity index (χ1) is 13.4. The Morgan fingerprint density at radius 1 is 1.11 bits per heavy atom. The van der Waals surface area contributed by atoms with E-state index in [0.717, 1.165) is 22.2 Å². The Morgan fingerprint density at radius 2 is 1.86 bits per heavy atom. The van der Waals surface area contributed by atoms with Gasteiger partial charge in [0.05, 0.1) is 16.2 Å². The maximum Gasteiger partial charge on any atom is 0.262 e. The molecule has 0 aliphatic heterocycles. The largest absolute Gasteiger partial charge is 0.293 e. The summed E-state index contributed by atoms with van der Waals surface area (Å²) in [4.78, 5) is 25.6. The topological polar surface area (TPSA) is 69.3 Å². The number of carbonyl (C=O) groups is 1. The van der Waals surface area contributed by atoms with E-state index in [1.807, 2.05) is 61.6 Å². The van der Waals surface area contributed by atoms with E-state index < -0.39 is 0 Å². The molecule has 0 fully saturated rings. The molecular weight excluding hydrogens is 372 g/mol. The molecular formula is C21H20N4O2S. The number of carbonyl (C=O) groups excluding carboxylic acids is 1. The summed E-state index contributed by atoms with van der Waals surface area (Å²) in [5.41, 5.74) is 3.36. The van der Waals surface area contributed by atoms with Crippen molar-refractivity contribution in [3.05, 3.63) is 69.5 Å². The van der Waals surface area contributed by atoms with Crippen molar-refractivity contribution in [2.45, 2.75) is 31.2 Å². The van der Waals surface area contributed by atoms with Crippen molar-refractivity contribution in [3.8, 4) is 0 Å². The van der Waals surface area contributed by atoms with E-state index in [1.165, 1.54) is 16.3 Å². The molecule has 2 aromatic heterocycles. The zero-order valence-corrected chi connectivity index (χ0v) is 16.9. The van der Waals surface area contributed by atoms with Gasteiger partial charge < -0.3 is 0 Å². The van der Waals surface area contributed by atoms with Crippen molar-refractivity contribution in [3.63, 3.8) is 0 Å². The molecule has 2 aromatic carbocycles. The van der Waals surface area contributed by atoms with Gasteiger partial charge in [0.15, 0.2) is 10.9 Å². The van der Waals surface area contributed by atoms with Gasteiger partial charge in [-0.3, -0.25) is 18.6 Å². The minimum Gasteiger partial charge on any atom is -0.293 e. The fraction of sp³-hybridized carbons (Fsp3) is 0.238. The standard InChI is InChI=1S/C21H20N4O2S/c1-12-9-10-13(2)16(11-12)18(26)14(3)28-21-23-22-20-24(4)19(27)15-7-5-6-8-17(15)25(20)21/h5-11,14H,1-4H3. The molecule has 0 aliphatic carbocycles. The molecule has 0 saturated carbocycles. The lowest BCUT2D eigenvalue weighted by Gasteiger charge is -2.13. The van der Waals surface area contributed by atoms with Crippen LogP contribution in [-0.2, 0) is 7.05 Å². The van der Waals surface area contributed by atoms with E-state index in [0.29, 0.717) is 16.3 Å². The van der Waals surface area contributed by atoms with Crippen LogP contribution in [0.2, 0.25) is 0 Å². The number of rotatable bonds is 4. The van der Waals surface area contributed by atoms with E-state index in [-0.39, 0.29) is 16.6 Å². The van der Waals surface area contributed by atoms with Crippen LogP contribution in [0.25, 0.3) is 16.7 Å². The number of Topliss-reactive ketones (excluding diaryl/α,β-unsaturated/α-hetero) is 1. The highest BCUT2D eigenvalue weighted by Crippen LogP contribution is 2.27. The summed E-state index contributed by atoms with van der Waals surface area (Å²) in [7, 11) is 1.68. The van der Waals surface area contributed by atoms with E-state index in [1.54, 1.807) is 13.1 Å². The van der Waals surface area contributed by atoms with Crippen LogP contribution >= 0.6 is 11.8 Å². The lowest BCUT2D eigenvalue weighted by molar-refractivity contribution is 0.0993. The van der Waals surface area contributed by atoms with Crippen molar-refractivity contribution in [1.29, 1.82) is 0 Å². The van der Waals surface area contributed by atoms with Crippen LogP contribution in [0.3, 0.4) is 0 Å². The second-order valence-electron chi connectivity index (χ2n) is 6.94. The SMILES string of the molecule is Cc1ccc(C)c(C(=O)C(C)Sc2nnc3n(C)c(=O)c4ccccc4n23)c1. The van der Waals surface area contributed by atoms with Crippen molar-refractivity contribution >= 4 is 34.2 Å². The molecule has 1 atom stereocenters. The van der Waals surface area contributed by atoms with Crippen LogP contribution in [0.4, 0.5) is 0 Å². The number of ketones is 1. The molecule has 6 nitrogen and oxygen atoms in total. The monoisotopic (exact) mass is 392 g/mol. The van der Waals surface area contributed by atoms with Gasteiger partial charge >= 0.3 is 0 Å². The predicted molar refractivity (Wildman–Crippen MR) is 111 cm³/mol. The third-order valence-electron chi connectivity index (χ3n) is 4.91. The van der Waals surface area contributed by atoms with Gasteiger partial charge in [-0.15, -0.1) is 10.2 Å². The molecule has 0 radical (unpaired) electrons. The summed E-state index contributed by atoms with van der Waals surface area (Å²) in [5, 5.41) is 9.29. The Kier molecular flexibility index (Phi) is 4.55. The minimum atomic E-state index is -0.344. The summed E-state index contributed by atoms with van der Waals surface area (Å²) in [6.07, 6.45) is 0. The number of nitrogens with zero attached hydrogens (tertiary/aromatic N) is 4. The molecule has 0 spiro atoms. The fourth-order valence-electron chi connectivity index (χ4n) is 3.32. The Bertz CT molecular complexity index is 1290. The Morgan fingerprint density at radius 3 is 2.64 bits per heavy atom. The lowest BCUT2D eigenvalue weighted by Crippen LogP contribution is -2.20. The number of fused-ring (bicyclic) bond motifs is 3. The van der Waals surface area contributed by atoms with Gasteiger partial charge in [0, 0.05) is 12.6 Å². The van der Waals surface area contributed by atoms with Gasteiger partial charge in [-0.25, -0.2) is 0 Å². The molecule has 0 saturated heterocycles. The molecule has 7 heteroatoms. The molecule has 4 rings (SSSR count). The first-order valence-electron chi connectivity index (χ1n) is 8.99. The van der Waals surface area contributed by atoms with Crippen molar-refractivity contribution in [2.75, 3.05) is 0 Å². The number of hydrogen-bond acceptors (Lipinski definition) is 5. The summed E-state index contributed by atoms with van der Waals surface area (Å²) in [5.74, 6) is 0.509. The molecule has 4 aromatic rings. The maximum absolute atomic E-state index is 13.0. The molecule has 142 valence electrons. The third-order valence-corrected chi connectivity index (χ3v) is 5.95. The molecule has 1 unspecified atom stereocenters. The number of aromatic nitrogens is 4. The minimum absolute atomic E-state index is 0.0528. The highest BCUT2D eigenvalue weighted by atomic mass is 32.2. The smallest absolute Gasteiger partial charge is 0.262 e. The van der Waals surface area contributed by atoms with Gasteiger partial charge in [-0.2, -0.15) is 0 Å². The van der Waals surface area contributed by atoms with Crippen LogP contribution in [-0.4, -0.2) is 30.2 Å². The summed E-state index contributed by atoms with van der Waals surface area (Å²) in [6, 6.07) is 13.3. The van der Waals surface area contributed by atoms with E-state index in [4.69, 9.17) is 0 Å². The number of aryl methyl sites for hydroxylation is 3. The normalized spacial score (nSPS) is 12.6. The van der Waals surface area contributed by atoms with E-state index in [2.05, 4.69) is 10.2 Å². The van der Waals surface area contributed by atoms with Gasteiger partial charge in [-0.1, -0.05) is 41.6 Å². The molecule has 2 heterocycles. The number of benzene rings is 2. The van der Waals surface area contributed by atoms with Gasteiger partial charge in [0.25, 0.3) is 5.56 Å². The predicted octanol–water partition coefficient (Wildman–Crippen LogP) is 3.56. The summed E-state index contributed by atoms with van der Waals surface area (Å²) >= 11 is 1.35. The zero-order valence-electron chi connectivity index (χ0n) is 16.1. The molecule has 0 aliphatic rings. The second-order valence-corrected chi connectivity index (χ2v) is 8.25. The van der Waals surface area contributed by atoms with E-state index >= 15 is 0 Å². The number of hydrogen-bond donors (Lipinski definition) is 0. The van der Waals surface area contributed by atoms with Crippen LogP contribution in [0.15, 0.2) is 52.4 Å². The van der Waals surface area contributed by atoms with Crippen molar-refractivity contribution in [1.82, 2.24) is 19.2 Å². The third kappa shape index (κ3) is 2.92. The maximum atomic E-state index is 13.0. The molecule has 28 heavy (non-hydrogen) atoms. The van der Waals surface area contributed by atoms with Crippen molar-refractivity contribution in [2.24, 2.45) is 7.05 Å². The Balaban J connectivity index is 1.79. The van der Waals surface area contributed by atoms with Gasteiger partial charge in [0.1, 0.15) is 0 Å². The second kappa shape index (κ2) is 6.91. The quantitative estimate of drug-likeness (QED) is 0.392. The fourth-order valence-corrected chi connectivity index (χ4v) is 4.24. The highest BCUT2D eigenvalue weighted by Gasteiger charge is 2.22. The van der Waals surface area contributed by atoms with Crippen LogP contribution in [0.5, 0.6) is 0 Å². The van der Waals surface area contributed by atoms with Crippen LogP contribution in [0.1, 0.15) is 28.4 Å². The average Bonchev–Trinajstić information content (AvgIpc) is 3.11. The van der Waals surface area contributed by atoms with E-state index in [9.17, 15) is 9.59 Å². The summed E-state index contributed by atoms with van der Waals surface area (Å²) < 4.78 is 3.32. The van der Waals surface area contributed by atoms with Crippen LogP contribution in [0, 0.1) is 13.8 Å². The number of para-hydroxylation sites is 1. The Labute approximate surface area is 166 Å². The van der Waals surface area contributed by atoms with Crippen LogP contribution < -0.4 is 5.56 Å². The first-order valence-corrected chi connectivity index (χ1v) is 9.87. The molecule has 0 amide bonds. The molecule has 0 bridgehead atoms. The zero-order chi connectivity index (χ0) is 20.0. The first kappa shape index (κ1) is 18.4.